The molecule has 3 aromatic rings. The second-order valence-corrected chi connectivity index (χ2v) is 7.28. The summed E-state index contributed by atoms with van der Waals surface area (Å²) in [5.74, 6) is -1.25. The molecular weight excluding hydrogens is 391 g/mol. The van der Waals surface area contributed by atoms with Gasteiger partial charge in [0.2, 0.25) is 0 Å². The molecule has 5 nitrogen and oxygen atoms in total. The first-order valence-electron chi connectivity index (χ1n) is 9.28. The lowest BCUT2D eigenvalue weighted by molar-refractivity contribution is -0.147. The number of thiazole rings is 1. The number of hydrogen-bond acceptors (Lipinski definition) is 5. The average molecular weight is 412 g/mol. The molecule has 0 saturated heterocycles. The molecule has 29 heavy (non-hydrogen) atoms. The quantitative estimate of drug-likeness (QED) is 0.548. The molecule has 0 aliphatic carbocycles. The van der Waals surface area contributed by atoms with E-state index in [1.54, 1.807) is 12.1 Å². The van der Waals surface area contributed by atoms with Crippen molar-refractivity contribution < 1.29 is 18.7 Å². The Bertz CT molecular complexity index is 968. The molecule has 0 bridgehead atoms. The van der Waals surface area contributed by atoms with Gasteiger partial charge in [-0.15, -0.1) is 11.3 Å². The number of carbonyl (C=O) groups is 2. The first-order chi connectivity index (χ1) is 14.0. The van der Waals surface area contributed by atoms with E-state index < -0.39 is 11.9 Å². The number of amides is 1. The zero-order valence-corrected chi connectivity index (χ0v) is 16.8. The van der Waals surface area contributed by atoms with Crippen LogP contribution in [0.25, 0.3) is 11.3 Å². The highest BCUT2D eigenvalue weighted by molar-refractivity contribution is 7.14. The first kappa shape index (κ1) is 20.7. The van der Waals surface area contributed by atoms with Crippen LogP contribution in [0.5, 0.6) is 0 Å². The Kier molecular flexibility index (Phi) is 7.08. The minimum absolute atomic E-state index is 0.119. The van der Waals surface area contributed by atoms with Gasteiger partial charge in [0.1, 0.15) is 5.82 Å². The average Bonchev–Trinajstić information content (AvgIpc) is 3.20. The Labute approximate surface area is 172 Å². The Hall–Kier alpha value is -3.06. The van der Waals surface area contributed by atoms with Crippen molar-refractivity contribution in [3.63, 3.8) is 0 Å². The molecular formula is C22H21FN2O3S. The van der Waals surface area contributed by atoms with E-state index >= 15 is 0 Å². The predicted octanol–water partition coefficient (Wildman–Crippen LogP) is 4.63. The van der Waals surface area contributed by atoms with Crippen LogP contribution in [0.15, 0.2) is 53.9 Å². The summed E-state index contributed by atoms with van der Waals surface area (Å²) in [7, 11) is 0. The van der Waals surface area contributed by atoms with Crippen LogP contribution in [0, 0.1) is 5.82 Å². The van der Waals surface area contributed by atoms with Crippen LogP contribution < -0.4 is 5.32 Å². The van der Waals surface area contributed by atoms with Crippen molar-refractivity contribution in [2.75, 3.05) is 11.9 Å². The number of hydrogen-bond donors (Lipinski definition) is 1. The topological polar surface area (TPSA) is 68.3 Å². The van der Waals surface area contributed by atoms with Gasteiger partial charge in [-0.05, 0) is 36.1 Å². The molecule has 0 radical (unpaired) electrons. The molecule has 150 valence electrons. The Balaban J connectivity index is 1.43. The number of ether oxygens (including phenoxy) is 1. The summed E-state index contributed by atoms with van der Waals surface area (Å²) in [6.07, 6.45) is 1.52. The van der Waals surface area contributed by atoms with Gasteiger partial charge in [-0.1, -0.05) is 43.3 Å². The van der Waals surface area contributed by atoms with Crippen LogP contribution in [0.1, 0.15) is 24.5 Å². The number of nitrogens with zero attached hydrogens (tertiary/aromatic N) is 1. The van der Waals surface area contributed by atoms with Gasteiger partial charge in [0.15, 0.2) is 11.7 Å². The molecule has 1 heterocycles. The molecule has 1 N–H and O–H groups in total. The maximum atomic E-state index is 12.9. The standard InChI is InChI=1S/C22H21FN2O3S/c1-2-15-3-8-17(9-4-15)19-14-29-22(24-19)25-20(26)13-28-21(27)12-7-16-5-10-18(23)11-6-16/h3-6,8-11,14H,2,7,12-13H2,1H3,(H,24,25,26). The van der Waals surface area contributed by atoms with E-state index in [1.165, 1.54) is 29.0 Å². The van der Waals surface area contributed by atoms with Crippen LogP contribution in [-0.2, 0) is 27.2 Å². The van der Waals surface area contributed by atoms with Crippen molar-refractivity contribution in [3.8, 4) is 11.3 Å². The van der Waals surface area contributed by atoms with Gasteiger partial charge in [-0.3, -0.25) is 14.9 Å². The summed E-state index contributed by atoms with van der Waals surface area (Å²) in [6, 6.07) is 14.0. The normalized spacial score (nSPS) is 10.6. The second kappa shape index (κ2) is 9.93. The molecule has 7 heteroatoms. The van der Waals surface area contributed by atoms with E-state index in [-0.39, 0.29) is 18.8 Å². The minimum Gasteiger partial charge on any atom is -0.456 e. The van der Waals surface area contributed by atoms with E-state index in [0.29, 0.717) is 11.6 Å². The van der Waals surface area contributed by atoms with Gasteiger partial charge in [-0.25, -0.2) is 9.37 Å². The first-order valence-corrected chi connectivity index (χ1v) is 10.2. The van der Waals surface area contributed by atoms with E-state index in [2.05, 4.69) is 29.4 Å². The van der Waals surface area contributed by atoms with Crippen molar-refractivity contribution in [1.82, 2.24) is 4.98 Å². The zero-order valence-electron chi connectivity index (χ0n) is 16.0. The van der Waals surface area contributed by atoms with E-state index in [4.69, 9.17) is 4.74 Å². The number of halogens is 1. The van der Waals surface area contributed by atoms with Gasteiger partial charge >= 0.3 is 5.97 Å². The second-order valence-electron chi connectivity index (χ2n) is 6.42. The van der Waals surface area contributed by atoms with Crippen LogP contribution in [-0.4, -0.2) is 23.5 Å². The van der Waals surface area contributed by atoms with E-state index in [0.717, 1.165) is 23.2 Å². The number of rotatable bonds is 8. The summed E-state index contributed by atoms with van der Waals surface area (Å²) in [4.78, 5) is 28.2. The molecule has 0 aliphatic rings. The van der Waals surface area contributed by atoms with E-state index in [9.17, 15) is 14.0 Å². The fourth-order valence-electron chi connectivity index (χ4n) is 2.65. The lowest BCUT2D eigenvalue weighted by Gasteiger charge is -2.05. The molecule has 0 aliphatic heterocycles. The van der Waals surface area contributed by atoms with E-state index in [1.807, 2.05) is 17.5 Å². The molecule has 3 rings (SSSR count). The van der Waals surface area contributed by atoms with Gasteiger partial charge in [-0.2, -0.15) is 0 Å². The Morgan fingerprint density at radius 2 is 1.76 bits per heavy atom. The van der Waals surface area contributed by atoms with Gasteiger partial charge in [0.25, 0.3) is 5.91 Å². The SMILES string of the molecule is CCc1ccc(-c2csc(NC(=O)COC(=O)CCc3ccc(F)cc3)n2)cc1. The number of anilines is 1. The van der Waals surface area contributed by atoms with Gasteiger partial charge in [0.05, 0.1) is 5.69 Å². The molecule has 0 spiro atoms. The predicted molar refractivity (Wildman–Crippen MR) is 111 cm³/mol. The Morgan fingerprint density at radius 3 is 2.45 bits per heavy atom. The number of esters is 1. The molecule has 0 fully saturated rings. The smallest absolute Gasteiger partial charge is 0.306 e. The minimum atomic E-state index is -0.486. The van der Waals surface area contributed by atoms with Crippen molar-refractivity contribution in [3.05, 3.63) is 70.9 Å². The zero-order chi connectivity index (χ0) is 20.6. The third-order valence-electron chi connectivity index (χ3n) is 4.30. The summed E-state index contributed by atoms with van der Waals surface area (Å²) in [5.41, 5.74) is 3.84. The number of benzene rings is 2. The third-order valence-corrected chi connectivity index (χ3v) is 5.06. The maximum Gasteiger partial charge on any atom is 0.306 e. The van der Waals surface area contributed by atoms with Gasteiger partial charge in [0, 0.05) is 17.4 Å². The fourth-order valence-corrected chi connectivity index (χ4v) is 3.38. The maximum absolute atomic E-state index is 12.9. The van der Waals surface area contributed by atoms with Gasteiger partial charge < -0.3 is 4.74 Å². The van der Waals surface area contributed by atoms with Crippen LogP contribution >= 0.6 is 11.3 Å². The number of nitrogens with one attached hydrogen (secondary N) is 1. The monoisotopic (exact) mass is 412 g/mol. The lowest BCUT2D eigenvalue weighted by atomic mass is 10.1. The van der Waals surface area contributed by atoms with Crippen molar-refractivity contribution in [2.45, 2.75) is 26.2 Å². The number of aromatic nitrogens is 1. The highest BCUT2D eigenvalue weighted by Crippen LogP contribution is 2.25. The summed E-state index contributed by atoms with van der Waals surface area (Å²) >= 11 is 1.31. The van der Waals surface area contributed by atoms with Crippen LogP contribution in [0.3, 0.4) is 0 Å². The lowest BCUT2D eigenvalue weighted by Crippen LogP contribution is -2.21. The van der Waals surface area contributed by atoms with Crippen molar-refractivity contribution in [1.29, 1.82) is 0 Å². The fraction of sp³-hybridized carbons (Fsp3) is 0.227. The van der Waals surface area contributed by atoms with Crippen LogP contribution in [0.2, 0.25) is 0 Å². The molecule has 1 aromatic heterocycles. The largest absolute Gasteiger partial charge is 0.456 e. The van der Waals surface area contributed by atoms with Crippen molar-refractivity contribution >= 4 is 28.3 Å². The highest BCUT2D eigenvalue weighted by atomic mass is 32.1. The van der Waals surface area contributed by atoms with Crippen molar-refractivity contribution in [2.24, 2.45) is 0 Å². The number of aryl methyl sites for hydroxylation is 2. The van der Waals surface area contributed by atoms with Crippen LogP contribution in [0.4, 0.5) is 9.52 Å². The summed E-state index contributed by atoms with van der Waals surface area (Å²) in [5, 5.41) is 4.96. The molecule has 0 unspecified atom stereocenters. The summed E-state index contributed by atoms with van der Waals surface area (Å²) in [6.45, 7) is 1.73. The molecule has 1 amide bonds. The number of carbonyl (C=O) groups excluding carboxylic acids is 2. The highest BCUT2D eigenvalue weighted by Gasteiger charge is 2.11. The Morgan fingerprint density at radius 1 is 1.07 bits per heavy atom. The molecule has 0 atom stereocenters. The molecule has 0 saturated carbocycles. The summed E-state index contributed by atoms with van der Waals surface area (Å²) < 4.78 is 17.9. The third kappa shape index (κ3) is 6.22. The molecule has 2 aromatic carbocycles.